The maximum atomic E-state index is 4.90. The SMILES string of the molecule is CCN(CC)CCNc1ccc2ccc3ccc(NCCN(CC)CC)nc3c2n1. The van der Waals surface area contributed by atoms with Gasteiger partial charge in [-0.15, -0.1) is 0 Å². The number of likely N-dealkylation sites (N-methyl/N-ethyl adjacent to an activating group) is 2. The number of hydrogen-bond donors (Lipinski definition) is 2. The number of nitrogens with one attached hydrogen (secondary N) is 2. The van der Waals surface area contributed by atoms with E-state index in [1.165, 1.54) is 0 Å². The fourth-order valence-electron chi connectivity index (χ4n) is 3.73. The smallest absolute Gasteiger partial charge is 0.126 e. The minimum Gasteiger partial charge on any atom is -0.369 e. The Labute approximate surface area is 180 Å². The standard InChI is InChI=1S/C24H36N6/c1-5-29(6-2)17-15-25-21-13-11-19-9-10-20-12-14-22(28-24(20)23(19)27-21)26-16-18-30(7-3)8-4/h9-14H,5-8,15-18H2,1-4H3,(H,25,27)(H,26,28). The number of fused-ring (bicyclic) bond motifs is 3. The largest absolute Gasteiger partial charge is 0.369 e. The normalized spacial score (nSPS) is 11.7. The molecule has 6 heteroatoms. The lowest BCUT2D eigenvalue weighted by Gasteiger charge is -2.18. The van der Waals surface area contributed by atoms with Crippen LogP contribution in [0.15, 0.2) is 36.4 Å². The first kappa shape index (κ1) is 22.2. The molecule has 0 spiro atoms. The molecule has 0 amide bonds. The monoisotopic (exact) mass is 408 g/mol. The summed E-state index contributed by atoms with van der Waals surface area (Å²) in [6.07, 6.45) is 0. The summed E-state index contributed by atoms with van der Waals surface area (Å²) in [7, 11) is 0. The van der Waals surface area contributed by atoms with Crippen LogP contribution in [0.25, 0.3) is 21.8 Å². The number of anilines is 2. The molecule has 6 nitrogen and oxygen atoms in total. The molecule has 2 N–H and O–H groups in total. The van der Waals surface area contributed by atoms with Gasteiger partial charge in [0.05, 0.1) is 11.0 Å². The summed E-state index contributed by atoms with van der Waals surface area (Å²) in [6.45, 7) is 16.9. The molecule has 30 heavy (non-hydrogen) atoms. The van der Waals surface area contributed by atoms with Crippen molar-refractivity contribution in [1.29, 1.82) is 0 Å². The van der Waals surface area contributed by atoms with E-state index in [4.69, 9.17) is 9.97 Å². The third kappa shape index (κ3) is 5.58. The lowest BCUT2D eigenvalue weighted by molar-refractivity contribution is 0.316. The van der Waals surface area contributed by atoms with Gasteiger partial charge in [-0.05, 0) is 50.4 Å². The van der Waals surface area contributed by atoms with Gasteiger partial charge >= 0.3 is 0 Å². The number of benzene rings is 1. The highest BCUT2D eigenvalue weighted by molar-refractivity contribution is 6.03. The summed E-state index contributed by atoms with van der Waals surface area (Å²) in [4.78, 5) is 14.6. The first-order valence-electron chi connectivity index (χ1n) is 11.3. The molecular weight excluding hydrogens is 372 g/mol. The van der Waals surface area contributed by atoms with E-state index >= 15 is 0 Å². The molecule has 0 unspecified atom stereocenters. The third-order valence-electron chi connectivity index (χ3n) is 5.78. The maximum Gasteiger partial charge on any atom is 0.126 e. The third-order valence-corrected chi connectivity index (χ3v) is 5.78. The van der Waals surface area contributed by atoms with Crippen LogP contribution in [0.2, 0.25) is 0 Å². The predicted molar refractivity (Wildman–Crippen MR) is 130 cm³/mol. The van der Waals surface area contributed by atoms with Gasteiger partial charge in [0.25, 0.3) is 0 Å². The highest BCUT2D eigenvalue weighted by Crippen LogP contribution is 2.25. The first-order valence-corrected chi connectivity index (χ1v) is 11.3. The van der Waals surface area contributed by atoms with Gasteiger partial charge < -0.3 is 20.4 Å². The molecule has 1 aromatic carbocycles. The van der Waals surface area contributed by atoms with Gasteiger partial charge in [-0.2, -0.15) is 0 Å². The molecule has 162 valence electrons. The Bertz CT molecular complexity index is 857. The molecule has 3 rings (SSSR count). The summed E-state index contributed by atoms with van der Waals surface area (Å²) in [6, 6.07) is 12.6. The van der Waals surface area contributed by atoms with E-state index in [0.717, 1.165) is 85.8 Å². The Morgan fingerprint density at radius 1 is 0.600 bits per heavy atom. The van der Waals surface area contributed by atoms with Crippen LogP contribution in [-0.2, 0) is 0 Å². The van der Waals surface area contributed by atoms with Gasteiger partial charge in [0.2, 0.25) is 0 Å². The van der Waals surface area contributed by atoms with Crippen LogP contribution in [0, 0.1) is 0 Å². The molecule has 0 saturated heterocycles. The fourth-order valence-corrected chi connectivity index (χ4v) is 3.73. The molecule has 0 radical (unpaired) electrons. The van der Waals surface area contributed by atoms with Crippen LogP contribution in [-0.4, -0.2) is 72.1 Å². The summed E-state index contributed by atoms with van der Waals surface area (Å²) in [5.41, 5.74) is 1.90. The first-order chi connectivity index (χ1) is 14.7. The second-order valence-corrected chi connectivity index (χ2v) is 7.51. The summed E-state index contributed by atoms with van der Waals surface area (Å²) in [5.74, 6) is 1.81. The van der Waals surface area contributed by atoms with Gasteiger partial charge in [-0.3, -0.25) is 0 Å². The van der Waals surface area contributed by atoms with Gasteiger partial charge in [-0.25, -0.2) is 9.97 Å². The zero-order chi connectivity index (χ0) is 21.3. The van der Waals surface area contributed by atoms with Gasteiger partial charge in [0, 0.05) is 37.0 Å². The summed E-state index contributed by atoms with van der Waals surface area (Å²) in [5, 5.41) is 9.18. The lowest BCUT2D eigenvalue weighted by atomic mass is 10.1. The van der Waals surface area contributed by atoms with E-state index in [0.29, 0.717) is 0 Å². The van der Waals surface area contributed by atoms with Gasteiger partial charge in [0.1, 0.15) is 11.6 Å². The van der Waals surface area contributed by atoms with Crippen molar-refractivity contribution in [3.8, 4) is 0 Å². The lowest BCUT2D eigenvalue weighted by Crippen LogP contribution is -2.28. The van der Waals surface area contributed by atoms with Gasteiger partial charge in [0.15, 0.2) is 0 Å². The molecule has 2 heterocycles. The van der Waals surface area contributed by atoms with Crippen molar-refractivity contribution in [2.24, 2.45) is 0 Å². The van der Waals surface area contributed by atoms with E-state index in [1.807, 2.05) is 0 Å². The Morgan fingerprint density at radius 3 is 1.33 bits per heavy atom. The zero-order valence-electron chi connectivity index (χ0n) is 18.9. The summed E-state index contributed by atoms with van der Waals surface area (Å²) >= 11 is 0. The van der Waals surface area contributed by atoms with E-state index < -0.39 is 0 Å². The molecule has 0 aliphatic heterocycles. The van der Waals surface area contributed by atoms with E-state index in [9.17, 15) is 0 Å². The van der Waals surface area contributed by atoms with E-state index in [-0.39, 0.29) is 0 Å². The van der Waals surface area contributed by atoms with E-state index in [1.54, 1.807) is 0 Å². The Morgan fingerprint density at radius 2 is 0.967 bits per heavy atom. The molecule has 0 aliphatic carbocycles. The topological polar surface area (TPSA) is 56.3 Å². The Kier molecular flexibility index (Phi) is 8.22. The number of hydrogen-bond acceptors (Lipinski definition) is 6. The number of rotatable bonds is 12. The average Bonchev–Trinajstić information content (AvgIpc) is 2.79. The second-order valence-electron chi connectivity index (χ2n) is 7.51. The molecular formula is C24H36N6. The molecule has 0 saturated carbocycles. The van der Waals surface area contributed by atoms with Crippen LogP contribution < -0.4 is 10.6 Å². The van der Waals surface area contributed by atoms with Crippen molar-refractivity contribution in [3.05, 3.63) is 36.4 Å². The van der Waals surface area contributed by atoms with Crippen molar-refractivity contribution < 1.29 is 0 Å². The molecule has 0 bridgehead atoms. The number of aromatic nitrogens is 2. The predicted octanol–water partition coefficient (Wildman–Crippen LogP) is 4.29. The molecule has 0 atom stereocenters. The summed E-state index contributed by atoms with van der Waals surface area (Å²) < 4.78 is 0. The Hall–Kier alpha value is -2.44. The van der Waals surface area contributed by atoms with Crippen LogP contribution in [0.5, 0.6) is 0 Å². The zero-order valence-corrected chi connectivity index (χ0v) is 18.9. The van der Waals surface area contributed by atoms with E-state index in [2.05, 4.69) is 84.5 Å². The minimum atomic E-state index is 0.885. The van der Waals surface area contributed by atoms with Crippen LogP contribution in [0.4, 0.5) is 11.6 Å². The van der Waals surface area contributed by atoms with Crippen molar-refractivity contribution in [2.75, 3.05) is 63.0 Å². The molecule has 0 fully saturated rings. The molecule has 3 aromatic rings. The van der Waals surface area contributed by atoms with Crippen LogP contribution >= 0.6 is 0 Å². The van der Waals surface area contributed by atoms with Gasteiger partial charge in [-0.1, -0.05) is 39.8 Å². The minimum absolute atomic E-state index is 0.885. The van der Waals surface area contributed by atoms with Crippen molar-refractivity contribution >= 4 is 33.4 Å². The van der Waals surface area contributed by atoms with Crippen molar-refractivity contribution in [2.45, 2.75) is 27.7 Å². The van der Waals surface area contributed by atoms with Crippen LogP contribution in [0.3, 0.4) is 0 Å². The Balaban J connectivity index is 1.77. The highest BCUT2D eigenvalue weighted by Gasteiger charge is 2.07. The van der Waals surface area contributed by atoms with Crippen molar-refractivity contribution in [1.82, 2.24) is 19.8 Å². The molecule has 0 aliphatic rings. The molecule has 2 aromatic heterocycles. The van der Waals surface area contributed by atoms with Crippen LogP contribution in [0.1, 0.15) is 27.7 Å². The average molecular weight is 409 g/mol. The number of nitrogens with zero attached hydrogens (tertiary/aromatic N) is 4. The quantitative estimate of drug-likeness (QED) is 0.436. The van der Waals surface area contributed by atoms with Crippen molar-refractivity contribution in [3.63, 3.8) is 0 Å². The second kappa shape index (κ2) is 11.1. The maximum absolute atomic E-state index is 4.90. The number of pyridine rings is 2. The highest BCUT2D eigenvalue weighted by atomic mass is 15.1. The fraction of sp³-hybridized carbons (Fsp3) is 0.500.